The lowest BCUT2D eigenvalue weighted by Gasteiger charge is -1.92. The summed E-state index contributed by atoms with van der Waals surface area (Å²) in [6.07, 6.45) is 1.41. The van der Waals surface area contributed by atoms with Crippen LogP contribution in [0.3, 0.4) is 0 Å². The fraction of sp³-hybridized carbons (Fsp3) is 0.125. The van der Waals surface area contributed by atoms with Gasteiger partial charge >= 0.3 is 0 Å². The SMILES string of the molecule is O=CCc1ccc(Br)cc1. The van der Waals surface area contributed by atoms with Crippen molar-refractivity contribution in [2.75, 3.05) is 0 Å². The number of rotatable bonds is 2. The van der Waals surface area contributed by atoms with E-state index < -0.39 is 0 Å². The Morgan fingerprint density at radius 2 is 1.90 bits per heavy atom. The summed E-state index contributed by atoms with van der Waals surface area (Å²) in [5.74, 6) is 0. The van der Waals surface area contributed by atoms with Crippen molar-refractivity contribution in [3.63, 3.8) is 0 Å². The van der Waals surface area contributed by atoms with Crippen LogP contribution in [0.4, 0.5) is 0 Å². The first-order valence-electron chi connectivity index (χ1n) is 3.01. The summed E-state index contributed by atoms with van der Waals surface area (Å²) in [5, 5.41) is 0. The van der Waals surface area contributed by atoms with Crippen molar-refractivity contribution in [2.45, 2.75) is 6.42 Å². The van der Waals surface area contributed by atoms with Crippen LogP contribution in [0.15, 0.2) is 28.7 Å². The number of carbonyl (C=O) groups excluding carboxylic acids is 1. The van der Waals surface area contributed by atoms with Crippen molar-refractivity contribution in [1.29, 1.82) is 0 Å². The lowest BCUT2D eigenvalue weighted by Crippen LogP contribution is -1.83. The average molecular weight is 199 g/mol. The maximum absolute atomic E-state index is 10.0. The molecule has 0 aromatic heterocycles. The zero-order valence-corrected chi connectivity index (χ0v) is 6.97. The van der Waals surface area contributed by atoms with Crippen molar-refractivity contribution in [2.24, 2.45) is 0 Å². The molecule has 0 saturated carbocycles. The maximum atomic E-state index is 10.0. The molecule has 0 heterocycles. The Labute approximate surface area is 68.2 Å². The predicted molar refractivity (Wildman–Crippen MR) is 43.9 cm³/mol. The van der Waals surface area contributed by atoms with Gasteiger partial charge in [0.25, 0.3) is 0 Å². The van der Waals surface area contributed by atoms with Gasteiger partial charge in [0.15, 0.2) is 0 Å². The summed E-state index contributed by atoms with van der Waals surface area (Å²) < 4.78 is 1.04. The lowest BCUT2D eigenvalue weighted by molar-refractivity contribution is -0.107. The second-order valence-electron chi connectivity index (χ2n) is 2.00. The van der Waals surface area contributed by atoms with Crippen molar-refractivity contribution in [3.8, 4) is 0 Å². The molecule has 0 aliphatic carbocycles. The molecule has 0 bridgehead atoms. The summed E-state index contributed by atoms with van der Waals surface area (Å²) in [6.45, 7) is 0. The summed E-state index contributed by atoms with van der Waals surface area (Å²) >= 11 is 3.31. The van der Waals surface area contributed by atoms with Crippen LogP contribution in [0, 0.1) is 0 Å². The normalized spacial score (nSPS) is 9.30. The van der Waals surface area contributed by atoms with Crippen LogP contribution in [0.5, 0.6) is 0 Å². The standard InChI is InChI=1S/C8H7BrO/c9-8-3-1-7(2-4-8)5-6-10/h1-4,6H,5H2. The highest BCUT2D eigenvalue weighted by atomic mass is 79.9. The largest absolute Gasteiger partial charge is 0.303 e. The molecule has 0 fully saturated rings. The lowest BCUT2D eigenvalue weighted by atomic mass is 10.2. The molecular formula is C8H7BrO. The summed E-state index contributed by atoms with van der Waals surface area (Å²) in [5.41, 5.74) is 1.05. The Kier molecular flexibility index (Phi) is 2.63. The van der Waals surface area contributed by atoms with Crippen LogP contribution in [0.25, 0.3) is 0 Å². The Bertz CT molecular complexity index is 215. The monoisotopic (exact) mass is 198 g/mol. The first-order chi connectivity index (χ1) is 4.83. The first kappa shape index (κ1) is 7.48. The van der Waals surface area contributed by atoms with Gasteiger partial charge in [0, 0.05) is 10.9 Å². The van der Waals surface area contributed by atoms with Gasteiger partial charge in [0.05, 0.1) is 0 Å². The van der Waals surface area contributed by atoms with E-state index in [4.69, 9.17) is 0 Å². The number of halogens is 1. The molecule has 0 radical (unpaired) electrons. The molecule has 2 heteroatoms. The van der Waals surface area contributed by atoms with Crippen molar-refractivity contribution in [1.82, 2.24) is 0 Å². The van der Waals surface area contributed by atoms with Gasteiger partial charge in [-0.25, -0.2) is 0 Å². The zero-order valence-electron chi connectivity index (χ0n) is 5.38. The minimum atomic E-state index is 0.507. The molecular weight excluding hydrogens is 192 g/mol. The first-order valence-corrected chi connectivity index (χ1v) is 3.80. The van der Waals surface area contributed by atoms with Gasteiger partial charge in [-0.3, -0.25) is 0 Å². The number of hydrogen-bond acceptors (Lipinski definition) is 1. The second-order valence-corrected chi connectivity index (χ2v) is 2.91. The molecule has 0 amide bonds. The van der Waals surface area contributed by atoms with E-state index in [2.05, 4.69) is 15.9 Å². The Morgan fingerprint density at radius 3 is 2.40 bits per heavy atom. The van der Waals surface area contributed by atoms with Crippen LogP contribution >= 0.6 is 15.9 Å². The molecule has 1 aromatic rings. The van der Waals surface area contributed by atoms with E-state index in [9.17, 15) is 4.79 Å². The topological polar surface area (TPSA) is 17.1 Å². The molecule has 0 N–H and O–H groups in total. The van der Waals surface area contributed by atoms with E-state index in [-0.39, 0.29) is 0 Å². The number of aldehydes is 1. The van der Waals surface area contributed by atoms with E-state index in [0.717, 1.165) is 16.3 Å². The third-order valence-electron chi connectivity index (χ3n) is 1.23. The summed E-state index contributed by atoms with van der Waals surface area (Å²) in [4.78, 5) is 10.0. The van der Waals surface area contributed by atoms with Crippen molar-refractivity contribution < 1.29 is 4.79 Å². The van der Waals surface area contributed by atoms with E-state index in [0.29, 0.717) is 6.42 Å². The highest BCUT2D eigenvalue weighted by Gasteiger charge is 1.89. The molecule has 1 nitrogen and oxygen atoms in total. The fourth-order valence-electron chi connectivity index (χ4n) is 0.717. The maximum Gasteiger partial charge on any atom is 0.124 e. The van der Waals surface area contributed by atoms with Crippen LogP contribution in [0.2, 0.25) is 0 Å². The van der Waals surface area contributed by atoms with Crippen LogP contribution < -0.4 is 0 Å². The molecule has 0 saturated heterocycles. The molecule has 0 aliphatic heterocycles. The van der Waals surface area contributed by atoms with Crippen molar-refractivity contribution in [3.05, 3.63) is 34.3 Å². The fourth-order valence-corrected chi connectivity index (χ4v) is 0.981. The number of benzene rings is 1. The molecule has 1 aromatic carbocycles. The van der Waals surface area contributed by atoms with Crippen LogP contribution in [-0.2, 0) is 11.2 Å². The second kappa shape index (κ2) is 3.52. The molecule has 0 atom stereocenters. The molecule has 0 spiro atoms. The van der Waals surface area contributed by atoms with E-state index in [1.807, 2.05) is 24.3 Å². The van der Waals surface area contributed by atoms with Gasteiger partial charge in [0.2, 0.25) is 0 Å². The van der Waals surface area contributed by atoms with Gasteiger partial charge in [0.1, 0.15) is 6.29 Å². The van der Waals surface area contributed by atoms with Crippen molar-refractivity contribution >= 4 is 22.2 Å². The zero-order chi connectivity index (χ0) is 7.40. The molecule has 0 unspecified atom stereocenters. The van der Waals surface area contributed by atoms with Gasteiger partial charge in [-0.1, -0.05) is 28.1 Å². The minimum Gasteiger partial charge on any atom is -0.303 e. The Hall–Kier alpha value is -0.630. The van der Waals surface area contributed by atoms with Crippen LogP contribution in [-0.4, -0.2) is 6.29 Å². The average Bonchev–Trinajstić information content (AvgIpc) is 1.95. The van der Waals surface area contributed by atoms with E-state index in [1.54, 1.807) is 0 Å². The summed E-state index contributed by atoms with van der Waals surface area (Å²) in [6, 6.07) is 7.72. The highest BCUT2D eigenvalue weighted by Crippen LogP contribution is 2.09. The summed E-state index contributed by atoms with van der Waals surface area (Å²) in [7, 11) is 0. The van der Waals surface area contributed by atoms with Crippen LogP contribution in [0.1, 0.15) is 5.56 Å². The predicted octanol–water partition coefficient (Wildman–Crippen LogP) is 2.19. The number of carbonyl (C=O) groups is 1. The number of hydrogen-bond donors (Lipinski definition) is 0. The third-order valence-corrected chi connectivity index (χ3v) is 1.76. The highest BCUT2D eigenvalue weighted by molar-refractivity contribution is 9.10. The van der Waals surface area contributed by atoms with Gasteiger partial charge in [-0.15, -0.1) is 0 Å². The molecule has 0 aliphatic rings. The smallest absolute Gasteiger partial charge is 0.124 e. The third kappa shape index (κ3) is 1.95. The molecule has 1 rings (SSSR count). The van der Waals surface area contributed by atoms with Gasteiger partial charge in [-0.05, 0) is 17.7 Å². The van der Waals surface area contributed by atoms with Gasteiger partial charge < -0.3 is 4.79 Å². The van der Waals surface area contributed by atoms with E-state index >= 15 is 0 Å². The Morgan fingerprint density at radius 1 is 1.30 bits per heavy atom. The molecule has 52 valence electrons. The quantitative estimate of drug-likeness (QED) is 0.667. The Balaban J connectivity index is 2.78. The minimum absolute atomic E-state index is 0.507. The molecule has 10 heavy (non-hydrogen) atoms. The van der Waals surface area contributed by atoms with E-state index in [1.165, 1.54) is 0 Å². The van der Waals surface area contributed by atoms with Gasteiger partial charge in [-0.2, -0.15) is 0 Å².